The molecule has 2 aromatic carbocycles. The van der Waals surface area contributed by atoms with Crippen molar-refractivity contribution in [3.05, 3.63) is 53.1 Å². The first-order valence-corrected chi connectivity index (χ1v) is 6.59. The van der Waals surface area contributed by atoms with E-state index in [1.54, 1.807) is 6.92 Å². The first kappa shape index (κ1) is 16.8. The Morgan fingerprint density at radius 1 is 0.957 bits per heavy atom. The second kappa shape index (κ2) is 6.68. The van der Waals surface area contributed by atoms with Crippen molar-refractivity contribution in [2.24, 2.45) is 0 Å². The van der Waals surface area contributed by atoms with Crippen LogP contribution in [0.15, 0.2) is 24.3 Å². The lowest BCUT2D eigenvalue weighted by molar-refractivity contribution is 0.0526. The molecule has 7 heteroatoms. The molecular weight excluding hydrogens is 316 g/mol. The maximum atomic E-state index is 14.0. The van der Waals surface area contributed by atoms with E-state index in [1.165, 1.54) is 24.3 Å². The van der Waals surface area contributed by atoms with Crippen molar-refractivity contribution in [3.63, 3.8) is 0 Å². The highest BCUT2D eigenvalue weighted by molar-refractivity contribution is 5.90. The van der Waals surface area contributed by atoms with Crippen LogP contribution in [0.5, 0.6) is 5.75 Å². The number of benzene rings is 2. The van der Waals surface area contributed by atoms with E-state index in [4.69, 9.17) is 4.74 Å². The lowest BCUT2D eigenvalue weighted by Crippen LogP contribution is -2.05. The van der Waals surface area contributed by atoms with Crippen LogP contribution in [-0.4, -0.2) is 19.7 Å². The summed E-state index contributed by atoms with van der Waals surface area (Å²) in [5, 5.41) is 0. The number of hydrogen-bond acceptors (Lipinski definition) is 3. The molecule has 2 aromatic rings. The van der Waals surface area contributed by atoms with E-state index in [9.17, 15) is 22.4 Å². The molecule has 0 aliphatic rings. The lowest BCUT2D eigenvalue weighted by Gasteiger charge is -2.11. The van der Waals surface area contributed by atoms with Crippen molar-refractivity contribution in [2.45, 2.75) is 6.92 Å². The van der Waals surface area contributed by atoms with Gasteiger partial charge in [0.25, 0.3) is 0 Å². The van der Waals surface area contributed by atoms with Gasteiger partial charge in [-0.1, -0.05) is 12.1 Å². The fraction of sp³-hybridized carbons (Fsp3) is 0.188. The molecule has 0 heterocycles. The number of ether oxygens (including phenoxy) is 2. The molecule has 3 nitrogen and oxygen atoms in total. The highest BCUT2D eigenvalue weighted by atomic mass is 19.2. The second-order valence-electron chi connectivity index (χ2n) is 4.46. The SMILES string of the molecule is CCOC(=O)c1ccc(-c2c(F)c(F)c(OC)c(F)c2F)cc1. The number of halogens is 4. The van der Waals surface area contributed by atoms with Gasteiger partial charge in [-0.25, -0.2) is 13.6 Å². The van der Waals surface area contributed by atoms with Gasteiger partial charge in [-0.15, -0.1) is 0 Å². The van der Waals surface area contributed by atoms with Gasteiger partial charge >= 0.3 is 5.97 Å². The van der Waals surface area contributed by atoms with Crippen LogP contribution in [0.2, 0.25) is 0 Å². The fourth-order valence-corrected chi connectivity index (χ4v) is 2.03. The highest BCUT2D eigenvalue weighted by Crippen LogP contribution is 2.35. The Labute approximate surface area is 129 Å². The van der Waals surface area contributed by atoms with Gasteiger partial charge in [-0.05, 0) is 24.6 Å². The Hall–Kier alpha value is -2.57. The van der Waals surface area contributed by atoms with Gasteiger partial charge in [-0.3, -0.25) is 0 Å². The van der Waals surface area contributed by atoms with Gasteiger partial charge in [0.05, 0.1) is 24.8 Å². The Morgan fingerprint density at radius 3 is 1.91 bits per heavy atom. The van der Waals surface area contributed by atoms with E-state index in [0.717, 1.165) is 7.11 Å². The molecule has 0 amide bonds. The van der Waals surface area contributed by atoms with Crippen LogP contribution >= 0.6 is 0 Å². The minimum atomic E-state index is -1.63. The first-order chi connectivity index (χ1) is 10.9. The molecule has 0 saturated carbocycles. The number of methoxy groups -OCH3 is 1. The molecule has 0 N–H and O–H groups in total. The number of rotatable bonds is 4. The zero-order chi connectivity index (χ0) is 17.1. The van der Waals surface area contributed by atoms with E-state index in [-0.39, 0.29) is 17.7 Å². The monoisotopic (exact) mass is 328 g/mol. The molecule has 0 unspecified atom stereocenters. The van der Waals surface area contributed by atoms with Gasteiger partial charge in [-0.2, -0.15) is 8.78 Å². The molecule has 0 atom stereocenters. The van der Waals surface area contributed by atoms with E-state index < -0.39 is 40.6 Å². The maximum absolute atomic E-state index is 14.0. The van der Waals surface area contributed by atoms with Crippen LogP contribution in [0.3, 0.4) is 0 Å². The molecular formula is C16H12F4O3. The number of carbonyl (C=O) groups is 1. The third kappa shape index (κ3) is 2.99. The highest BCUT2D eigenvalue weighted by Gasteiger charge is 2.27. The van der Waals surface area contributed by atoms with E-state index in [1.807, 2.05) is 0 Å². The quantitative estimate of drug-likeness (QED) is 0.482. The number of hydrogen-bond donors (Lipinski definition) is 0. The Morgan fingerprint density at radius 2 is 1.48 bits per heavy atom. The minimum Gasteiger partial charge on any atom is -0.491 e. The first-order valence-electron chi connectivity index (χ1n) is 6.59. The average Bonchev–Trinajstić information content (AvgIpc) is 2.55. The van der Waals surface area contributed by atoms with Gasteiger partial charge in [0.1, 0.15) is 0 Å². The Kier molecular flexibility index (Phi) is 4.88. The molecule has 0 saturated heterocycles. The zero-order valence-electron chi connectivity index (χ0n) is 12.3. The van der Waals surface area contributed by atoms with Crippen molar-refractivity contribution in [1.82, 2.24) is 0 Å². The third-order valence-electron chi connectivity index (χ3n) is 3.11. The molecule has 0 bridgehead atoms. The molecule has 0 aliphatic carbocycles. The van der Waals surface area contributed by atoms with Crippen molar-refractivity contribution in [2.75, 3.05) is 13.7 Å². The lowest BCUT2D eigenvalue weighted by atomic mass is 10.0. The second-order valence-corrected chi connectivity index (χ2v) is 4.46. The smallest absolute Gasteiger partial charge is 0.338 e. The van der Waals surface area contributed by atoms with Crippen LogP contribution in [0.1, 0.15) is 17.3 Å². The minimum absolute atomic E-state index is 0.131. The number of esters is 1. The molecule has 122 valence electrons. The number of carbonyl (C=O) groups excluding carboxylic acids is 1. The van der Waals surface area contributed by atoms with Crippen LogP contribution in [0, 0.1) is 23.3 Å². The van der Waals surface area contributed by atoms with E-state index in [0.29, 0.717) is 0 Å². The van der Waals surface area contributed by atoms with Gasteiger partial charge in [0, 0.05) is 0 Å². The molecule has 23 heavy (non-hydrogen) atoms. The van der Waals surface area contributed by atoms with Gasteiger partial charge in [0.15, 0.2) is 17.4 Å². The summed E-state index contributed by atoms with van der Waals surface area (Å²) < 4.78 is 64.5. The third-order valence-corrected chi connectivity index (χ3v) is 3.11. The summed E-state index contributed by atoms with van der Waals surface area (Å²) in [4.78, 5) is 11.5. The van der Waals surface area contributed by atoms with Crippen molar-refractivity contribution >= 4 is 5.97 Å². The average molecular weight is 328 g/mol. The predicted molar refractivity (Wildman–Crippen MR) is 74.2 cm³/mol. The summed E-state index contributed by atoms with van der Waals surface area (Å²) in [5.41, 5.74) is -0.865. The van der Waals surface area contributed by atoms with Gasteiger partial charge in [0.2, 0.25) is 11.6 Å². The van der Waals surface area contributed by atoms with Crippen molar-refractivity contribution < 1.29 is 31.8 Å². The normalized spacial score (nSPS) is 10.5. The maximum Gasteiger partial charge on any atom is 0.338 e. The van der Waals surface area contributed by atoms with Crippen molar-refractivity contribution in [1.29, 1.82) is 0 Å². The van der Waals surface area contributed by atoms with E-state index in [2.05, 4.69) is 4.74 Å². The topological polar surface area (TPSA) is 35.5 Å². The largest absolute Gasteiger partial charge is 0.491 e. The summed E-state index contributed by atoms with van der Waals surface area (Å²) in [6.45, 7) is 1.79. The molecule has 2 rings (SSSR count). The molecule has 0 aromatic heterocycles. The van der Waals surface area contributed by atoms with Crippen molar-refractivity contribution in [3.8, 4) is 16.9 Å². The molecule has 0 fully saturated rings. The Balaban J connectivity index is 2.53. The molecule has 0 spiro atoms. The fourth-order valence-electron chi connectivity index (χ4n) is 2.03. The van der Waals surface area contributed by atoms with E-state index >= 15 is 0 Å². The summed E-state index contributed by atoms with van der Waals surface area (Å²) in [7, 11) is 0.897. The summed E-state index contributed by atoms with van der Waals surface area (Å²) in [6, 6.07) is 4.82. The van der Waals surface area contributed by atoms with Crippen LogP contribution in [-0.2, 0) is 4.74 Å². The Bertz CT molecular complexity index is 713. The van der Waals surface area contributed by atoms with Crippen LogP contribution in [0.25, 0.3) is 11.1 Å². The zero-order valence-corrected chi connectivity index (χ0v) is 12.3. The molecule has 0 aliphatic heterocycles. The summed E-state index contributed by atoms with van der Waals surface area (Å²) in [6.07, 6.45) is 0. The molecule has 0 radical (unpaired) electrons. The standard InChI is InChI=1S/C16H12F4O3/c1-3-23-16(21)9-6-4-8(5-7-9)10-11(17)13(19)15(22-2)14(20)12(10)18/h4-7H,3H2,1-2H3. The summed E-state index contributed by atoms with van der Waals surface area (Å²) >= 11 is 0. The summed E-state index contributed by atoms with van der Waals surface area (Å²) in [5.74, 6) is -8.17. The van der Waals surface area contributed by atoms with Gasteiger partial charge < -0.3 is 9.47 Å². The predicted octanol–water partition coefficient (Wildman–Crippen LogP) is 4.10. The van der Waals surface area contributed by atoms with Crippen LogP contribution < -0.4 is 4.74 Å². The van der Waals surface area contributed by atoms with Crippen LogP contribution in [0.4, 0.5) is 17.6 Å².